The molecule has 0 aliphatic carbocycles. The van der Waals surface area contributed by atoms with Crippen molar-refractivity contribution < 1.29 is 4.79 Å². The molecule has 0 radical (unpaired) electrons. The lowest BCUT2D eigenvalue weighted by Crippen LogP contribution is -1.96. The molecule has 0 amide bonds. The van der Waals surface area contributed by atoms with Crippen molar-refractivity contribution in [1.29, 1.82) is 0 Å². The van der Waals surface area contributed by atoms with Crippen LogP contribution in [0.3, 0.4) is 0 Å². The van der Waals surface area contributed by atoms with Gasteiger partial charge in [-0.15, -0.1) is 5.10 Å². The quantitative estimate of drug-likeness (QED) is 0.511. The van der Waals surface area contributed by atoms with Gasteiger partial charge in [-0.1, -0.05) is 19.8 Å². The number of nitrogens with zero attached hydrogens (tertiary/aromatic N) is 2. The zero-order valence-corrected chi connectivity index (χ0v) is 7.86. The molecule has 0 saturated heterocycles. The van der Waals surface area contributed by atoms with Crippen molar-refractivity contribution in [2.24, 2.45) is 0 Å². The van der Waals surface area contributed by atoms with Crippen LogP contribution in [0.5, 0.6) is 0 Å². The van der Waals surface area contributed by atoms with E-state index in [9.17, 15) is 4.79 Å². The monoisotopic (exact) mass is 178 g/mol. The van der Waals surface area contributed by atoms with Crippen molar-refractivity contribution in [3.63, 3.8) is 0 Å². The van der Waals surface area contributed by atoms with Gasteiger partial charge in [0.1, 0.15) is 5.69 Å². The number of rotatable bonds is 5. The molecule has 70 valence electrons. The third-order valence-electron chi connectivity index (χ3n) is 1.90. The zero-order chi connectivity index (χ0) is 9.52. The molecule has 3 heteroatoms. The molecular formula is C10H14N2O. The van der Waals surface area contributed by atoms with Gasteiger partial charge in [0.25, 0.3) is 0 Å². The number of aldehydes is 1. The molecule has 0 saturated carbocycles. The van der Waals surface area contributed by atoms with Gasteiger partial charge < -0.3 is 0 Å². The molecule has 0 fully saturated rings. The molecule has 0 bridgehead atoms. The van der Waals surface area contributed by atoms with E-state index < -0.39 is 0 Å². The first-order chi connectivity index (χ1) is 6.36. The van der Waals surface area contributed by atoms with Crippen LogP contribution in [0.15, 0.2) is 12.1 Å². The largest absolute Gasteiger partial charge is 0.296 e. The van der Waals surface area contributed by atoms with Gasteiger partial charge in [-0.25, -0.2) is 0 Å². The van der Waals surface area contributed by atoms with Crippen LogP contribution in [-0.2, 0) is 6.42 Å². The maximum absolute atomic E-state index is 10.3. The molecule has 1 aromatic rings. The van der Waals surface area contributed by atoms with E-state index in [1.165, 1.54) is 12.8 Å². The zero-order valence-electron chi connectivity index (χ0n) is 7.86. The van der Waals surface area contributed by atoms with Gasteiger partial charge in [0, 0.05) is 0 Å². The number of hydrogen-bond donors (Lipinski definition) is 0. The summed E-state index contributed by atoms with van der Waals surface area (Å²) in [7, 11) is 0. The third-order valence-corrected chi connectivity index (χ3v) is 1.90. The first-order valence-electron chi connectivity index (χ1n) is 4.64. The van der Waals surface area contributed by atoms with Gasteiger partial charge in [-0.3, -0.25) is 4.79 Å². The minimum Gasteiger partial charge on any atom is -0.296 e. The number of hydrogen-bond acceptors (Lipinski definition) is 3. The number of carbonyl (C=O) groups excluding carboxylic acids is 1. The summed E-state index contributed by atoms with van der Waals surface area (Å²) in [5.41, 5.74) is 1.37. The van der Waals surface area contributed by atoms with Crippen molar-refractivity contribution in [2.45, 2.75) is 32.6 Å². The van der Waals surface area contributed by atoms with E-state index in [-0.39, 0.29) is 0 Å². The summed E-state index contributed by atoms with van der Waals surface area (Å²) in [6, 6.07) is 3.58. The van der Waals surface area contributed by atoms with Crippen molar-refractivity contribution in [1.82, 2.24) is 10.2 Å². The van der Waals surface area contributed by atoms with E-state index in [0.717, 1.165) is 18.5 Å². The Kier molecular flexibility index (Phi) is 4.09. The maximum Gasteiger partial charge on any atom is 0.170 e. The lowest BCUT2D eigenvalue weighted by Gasteiger charge is -1.97. The van der Waals surface area contributed by atoms with Crippen molar-refractivity contribution in [2.75, 3.05) is 0 Å². The second-order valence-electron chi connectivity index (χ2n) is 3.02. The standard InChI is InChI=1S/C10H14N2O/c1-2-3-4-5-9-6-7-10(8-13)12-11-9/h6-8H,2-5H2,1H3. The molecule has 13 heavy (non-hydrogen) atoms. The molecule has 0 unspecified atom stereocenters. The summed E-state index contributed by atoms with van der Waals surface area (Å²) in [6.07, 6.45) is 5.24. The first-order valence-corrected chi connectivity index (χ1v) is 4.64. The second-order valence-corrected chi connectivity index (χ2v) is 3.02. The molecule has 0 aromatic carbocycles. The second kappa shape index (κ2) is 5.41. The predicted octanol–water partition coefficient (Wildman–Crippen LogP) is 2.02. The Bertz CT molecular complexity index is 256. The van der Waals surface area contributed by atoms with Crippen LogP contribution in [0.1, 0.15) is 42.4 Å². The van der Waals surface area contributed by atoms with E-state index in [1.54, 1.807) is 6.07 Å². The third kappa shape index (κ3) is 3.32. The SMILES string of the molecule is CCCCCc1ccc(C=O)nn1. The minimum atomic E-state index is 0.402. The van der Waals surface area contributed by atoms with Crippen LogP contribution < -0.4 is 0 Å². The smallest absolute Gasteiger partial charge is 0.170 e. The molecule has 0 aliphatic rings. The van der Waals surface area contributed by atoms with Crippen LogP contribution in [-0.4, -0.2) is 16.5 Å². The molecule has 0 N–H and O–H groups in total. The molecular weight excluding hydrogens is 164 g/mol. The molecule has 3 nitrogen and oxygen atoms in total. The van der Waals surface area contributed by atoms with Crippen LogP contribution >= 0.6 is 0 Å². The normalized spacial score (nSPS) is 9.92. The Balaban J connectivity index is 2.44. The Morgan fingerprint density at radius 3 is 2.69 bits per heavy atom. The minimum absolute atomic E-state index is 0.402. The topological polar surface area (TPSA) is 42.9 Å². The summed E-state index contributed by atoms with van der Waals surface area (Å²) in [4.78, 5) is 10.3. The van der Waals surface area contributed by atoms with Crippen molar-refractivity contribution in [3.8, 4) is 0 Å². The van der Waals surface area contributed by atoms with E-state index in [1.807, 2.05) is 6.07 Å². The fourth-order valence-electron chi connectivity index (χ4n) is 1.12. The average Bonchev–Trinajstić information content (AvgIpc) is 2.19. The number of aromatic nitrogens is 2. The highest BCUT2D eigenvalue weighted by Gasteiger charge is 1.96. The lowest BCUT2D eigenvalue weighted by molar-refractivity contribution is 0.111. The number of carbonyl (C=O) groups is 1. The van der Waals surface area contributed by atoms with Gasteiger partial charge in [0.05, 0.1) is 5.69 Å². The van der Waals surface area contributed by atoms with E-state index in [4.69, 9.17) is 0 Å². The van der Waals surface area contributed by atoms with Crippen LogP contribution in [0.4, 0.5) is 0 Å². The van der Waals surface area contributed by atoms with Gasteiger partial charge in [0.15, 0.2) is 6.29 Å². The highest BCUT2D eigenvalue weighted by Crippen LogP contribution is 2.02. The number of aryl methyl sites for hydroxylation is 1. The summed E-state index contributed by atoms with van der Waals surface area (Å²) in [6.45, 7) is 2.17. The van der Waals surface area contributed by atoms with Crippen LogP contribution in [0.25, 0.3) is 0 Å². The van der Waals surface area contributed by atoms with E-state index >= 15 is 0 Å². The fourth-order valence-corrected chi connectivity index (χ4v) is 1.12. The highest BCUT2D eigenvalue weighted by atomic mass is 16.1. The Morgan fingerprint density at radius 1 is 1.31 bits per heavy atom. The van der Waals surface area contributed by atoms with Gasteiger partial charge in [-0.05, 0) is 25.0 Å². The molecule has 1 rings (SSSR count). The Labute approximate surface area is 78.2 Å². The van der Waals surface area contributed by atoms with Gasteiger partial charge in [-0.2, -0.15) is 5.10 Å². The van der Waals surface area contributed by atoms with E-state index in [2.05, 4.69) is 17.1 Å². The molecule has 1 aromatic heterocycles. The predicted molar refractivity (Wildman–Crippen MR) is 50.6 cm³/mol. The first kappa shape index (κ1) is 9.84. The lowest BCUT2D eigenvalue weighted by atomic mass is 10.1. The van der Waals surface area contributed by atoms with Gasteiger partial charge in [0.2, 0.25) is 0 Å². The Hall–Kier alpha value is -1.25. The molecule has 0 spiro atoms. The van der Waals surface area contributed by atoms with Crippen molar-refractivity contribution >= 4 is 6.29 Å². The summed E-state index contributed by atoms with van der Waals surface area (Å²) in [5, 5.41) is 7.70. The van der Waals surface area contributed by atoms with Crippen LogP contribution in [0, 0.1) is 0 Å². The van der Waals surface area contributed by atoms with Crippen molar-refractivity contribution in [3.05, 3.63) is 23.5 Å². The highest BCUT2D eigenvalue weighted by molar-refractivity contribution is 5.71. The molecule has 1 heterocycles. The number of unbranched alkanes of at least 4 members (excludes halogenated alkanes) is 2. The van der Waals surface area contributed by atoms with Gasteiger partial charge >= 0.3 is 0 Å². The van der Waals surface area contributed by atoms with Crippen LogP contribution in [0.2, 0.25) is 0 Å². The molecule has 0 aliphatic heterocycles. The maximum atomic E-state index is 10.3. The average molecular weight is 178 g/mol. The summed E-state index contributed by atoms with van der Waals surface area (Å²) in [5.74, 6) is 0. The molecule has 0 atom stereocenters. The fraction of sp³-hybridized carbons (Fsp3) is 0.500. The summed E-state index contributed by atoms with van der Waals surface area (Å²) >= 11 is 0. The Morgan fingerprint density at radius 2 is 2.15 bits per heavy atom. The van der Waals surface area contributed by atoms with E-state index in [0.29, 0.717) is 12.0 Å². The summed E-state index contributed by atoms with van der Waals surface area (Å²) < 4.78 is 0.